The molecule has 2 heterocycles. The lowest BCUT2D eigenvalue weighted by molar-refractivity contribution is 0.532. The molecule has 0 atom stereocenters. The van der Waals surface area contributed by atoms with Gasteiger partial charge in [-0.3, -0.25) is 0 Å². The van der Waals surface area contributed by atoms with Crippen LogP contribution >= 0.6 is 0 Å². The number of nitrogens with zero attached hydrogens (tertiary/aromatic N) is 1. The fourth-order valence-corrected chi connectivity index (χ4v) is 6.07. The van der Waals surface area contributed by atoms with Crippen molar-refractivity contribution < 1.29 is 4.42 Å². The first kappa shape index (κ1) is 25.9. The Bertz CT molecular complexity index is 2070. The molecule has 0 amide bonds. The highest BCUT2D eigenvalue weighted by Crippen LogP contribution is 2.40. The normalized spacial score (nSPS) is 12.1. The summed E-state index contributed by atoms with van der Waals surface area (Å²) in [6.45, 7) is 0.703. The van der Waals surface area contributed by atoms with Crippen LogP contribution in [0.3, 0.4) is 0 Å². The second kappa shape index (κ2) is 11.1. The van der Waals surface area contributed by atoms with E-state index in [2.05, 4.69) is 168 Å². The van der Waals surface area contributed by atoms with E-state index >= 15 is 0 Å². The van der Waals surface area contributed by atoms with Crippen LogP contribution in [0.15, 0.2) is 162 Å². The monoisotopic (exact) mass is 566 g/mol. The molecule has 0 fully saturated rings. The van der Waals surface area contributed by atoms with Gasteiger partial charge in [0.2, 0.25) is 0 Å². The summed E-state index contributed by atoms with van der Waals surface area (Å²) in [4.78, 5) is 2.30. The fourth-order valence-electron chi connectivity index (χ4n) is 6.07. The zero-order valence-electron chi connectivity index (χ0n) is 24.2. The van der Waals surface area contributed by atoms with E-state index in [9.17, 15) is 0 Å². The summed E-state index contributed by atoms with van der Waals surface area (Å²) in [6.07, 6.45) is 4.08. The molecular formula is C41H30N2O. The van der Waals surface area contributed by atoms with Crippen LogP contribution < -0.4 is 10.2 Å². The molecule has 1 aromatic heterocycles. The van der Waals surface area contributed by atoms with E-state index in [1.54, 1.807) is 0 Å². The second-order valence-electron chi connectivity index (χ2n) is 11.1. The van der Waals surface area contributed by atoms with Crippen molar-refractivity contribution in [3.05, 3.63) is 169 Å². The van der Waals surface area contributed by atoms with Crippen LogP contribution in [0.5, 0.6) is 0 Å². The van der Waals surface area contributed by atoms with E-state index in [1.807, 2.05) is 6.20 Å². The third kappa shape index (κ3) is 4.85. The minimum atomic E-state index is 0.703. The van der Waals surface area contributed by atoms with Gasteiger partial charge in [0.1, 0.15) is 11.3 Å². The van der Waals surface area contributed by atoms with E-state index in [0.29, 0.717) is 6.54 Å². The first-order valence-electron chi connectivity index (χ1n) is 15.0. The Morgan fingerprint density at radius 3 is 1.45 bits per heavy atom. The number of hydrogen-bond acceptors (Lipinski definition) is 3. The van der Waals surface area contributed by atoms with Crippen molar-refractivity contribution in [3.8, 4) is 33.4 Å². The lowest BCUT2D eigenvalue weighted by Crippen LogP contribution is -2.09. The molecule has 0 saturated carbocycles. The van der Waals surface area contributed by atoms with Gasteiger partial charge in [0.25, 0.3) is 0 Å². The summed E-state index contributed by atoms with van der Waals surface area (Å²) in [5.41, 5.74) is 12.5. The molecule has 6 aromatic carbocycles. The van der Waals surface area contributed by atoms with Gasteiger partial charge < -0.3 is 14.6 Å². The number of rotatable bonds is 6. The molecule has 0 saturated heterocycles. The average molecular weight is 567 g/mol. The van der Waals surface area contributed by atoms with E-state index in [1.165, 1.54) is 33.4 Å². The van der Waals surface area contributed by atoms with Crippen LogP contribution in [-0.2, 0) is 6.54 Å². The molecule has 3 heteroatoms. The Morgan fingerprint density at radius 2 is 0.932 bits per heavy atom. The van der Waals surface area contributed by atoms with Crippen LogP contribution in [0, 0.1) is 0 Å². The smallest absolute Gasteiger partial charge is 0.137 e. The average Bonchev–Trinajstić information content (AvgIpc) is 3.48. The lowest BCUT2D eigenvalue weighted by atomic mass is 10.00. The van der Waals surface area contributed by atoms with Crippen molar-refractivity contribution in [1.29, 1.82) is 0 Å². The van der Waals surface area contributed by atoms with Crippen molar-refractivity contribution in [2.45, 2.75) is 6.54 Å². The standard InChI is InChI=1S/C41H30N2O/c1-3-7-29(8-4-1)31-11-13-32(14-12-31)34-17-21-36(22-18-34)43(35-19-15-33(16-20-35)30-9-5-2-6-10-30)37-23-24-38-39-25-26-42-28-41(39)44-40(38)27-37/h1-27,42H,28H2. The van der Waals surface area contributed by atoms with E-state index in [4.69, 9.17) is 4.42 Å². The number of benzene rings is 6. The van der Waals surface area contributed by atoms with Crippen molar-refractivity contribution >= 4 is 34.1 Å². The Hall–Kier alpha value is -5.80. The first-order chi connectivity index (χ1) is 21.8. The molecule has 3 nitrogen and oxygen atoms in total. The maximum absolute atomic E-state index is 6.31. The van der Waals surface area contributed by atoms with Crippen molar-refractivity contribution in [3.63, 3.8) is 0 Å². The maximum atomic E-state index is 6.31. The van der Waals surface area contributed by atoms with Crippen LogP contribution in [0.2, 0.25) is 0 Å². The molecule has 0 bridgehead atoms. The third-order valence-corrected chi connectivity index (χ3v) is 8.36. The number of hydrogen-bond donors (Lipinski definition) is 1. The summed E-state index contributed by atoms with van der Waals surface area (Å²) in [6, 6.07) is 53.9. The molecule has 8 rings (SSSR count). The molecular weight excluding hydrogens is 536 g/mol. The van der Waals surface area contributed by atoms with Gasteiger partial charge in [-0.1, -0.05) is 109 Å². The van der Waals surface area contributed by atoms with Crippen molar-refractivity contribution in [2.24, 2.45) is 0 Å². The quantitative estimate of drug-likeness (QED) is 0.217. The highest BCUT2D eigenvalue weighted by Gasteiger charge is 2.18. The second-order valence-corrected chi connectivity index (χ2v) is 11.1. The van der Waals surface area contributed by atoms with Gasteiger partial charge in [-0.25, -0.2) is 0 Å². The molecule has 7 aromatic rings. The van der Waals surface area contributed by atoms with Crippen LogP contribution in [0.25, 0.3) is 50.4 Å². The van der Waals surface area contributed by atoms with E-state index in [0.717, 1.165) is 39.4 Å². The molecule has 1 aliphatic rings. The maximum Gasteiger partial charge on any atom is 0.137 e. The topological polar surface area (TPSA) is 28.4 Å². The molecule has 0 spiro atoms. The highest BCUT2D eigenvalue weighted by molar-refractivity contribution is 5.93. The van der Waals surface area contributed by atoms with E-state index < -0.39 is 0 Å². The lowest BCUT2D eigenvalue weighted by Gasteiger charge is -2.26. The predicted octanol–water partition coefficient (Wildman–Crippen LogP) is 11.0. The zero-order chi connectivity index (χ0) is 29.3. The number of fused-ring (bicyclic) bond motifs is 3. The van der Waals surface area contributed by atoms with Crippen LogP contribution in [0.1, 0.15) is 11.3 Å². The summed E-state index contributed by atoms with van der Waals surface area (Å²) in [5, 5.41) is 4.39. The highest BCUT2D eigenvalue weighted by atomic mass is 16.3. The molecule has 0 unspecified atom stereocenters. The van der Waals surface area contributed by atoms with Gasteiger partial charge in [0, 0.05) is 34.1 Å². The van der Waals surface area contributed by atoms with E-state index in [-0.39, 0.29) is 0 Å². The molecule has 44 heavy (non-hydrogen) atoms. The number of nitrogens with one attached hydrogen (secondary N) is 1. The van der Waals surface area contributed by atoms with Gasteiger partial charge in [-0.2, -0.15) is 0 Å². The first-order valence-corrected chi connectivity index (χ1v) is 15.0. The summed E-state index contributed by atoms with van der Waals surface area (Å²) in [7, 11) is 0. The Kier molecular flexibility index (Phi) is 6.54. The Balaban J connectivity index is 1.17. The van der Waals surface area contributed by atoms with Crippen molar-refractivity contribution in [2.75, 3.05) is 4.90 Å². The number of furan rings is 1. The van der Waals surface area contributed by atoms with Crippen molar-refractivity contribution in [1.82, 2.24) is 5.32 Å². The number of anilines is 3. The molecule has 0 aliphatic carbocycles. The van der Waals surface area contributed by atoms with Gasteiger partial charge in [-0.15, -0.1) is 0 Å². The predicted molar refractivity (Wildman–Crippen MR) is 183 cm³/mol. The molecule has 1 N–H and O–H groups in total. The Morgan fingerprint density at radius 1 is 0.477 bits per heavy atom. The minimum absolute atomic E-state index is 0.703. The van der Waals surface area contributed by atoms with Gasteiger partial charge in [0.15, 0.2) is 0 Å². The Labute approximate surface area is 257 Å². The fraction of sp³-hybridized carbons (Fsp3) is 0.0244. The largest absolute Gasteiger partial charge is 0.458 e. The molecule has 0 radical (unpaired) electrons. The SMILES string of the molecule is C1=Cc2c(oc3cc(N(c4ccc(-c5ccccc5)cc4)c4ccc(-c5ccc(-c6ccccc6)cc5)cc4)ccc23)CN1. The van der Waals surface area contributed by atoms with Crippen LogP contribution in [0.4, 0.5) is 17.1 Å². The van der Waals surface area contributed by atoms with Crippen LogP contribution in [-0.4, -0.2) is 0 Å². The third-order valence-electron chi connectivity index (χ3n) is 8.36. The van der Waals surface area contributed by atoms with Gasteiger partial charge in [0.05, 0.1) is 6.54 Å². The molecule has 1 aliphatic heterocycles. The van der Waals surface area contributed by atoms with Gasteiger partial charge >= 0.3 is 0 Å². The minimum Gasteiger partial charge on any atom is -0.458 e. The summed E-state index contributed by atoms with van der Waals surface area (Å²) < 4.78 is 6.31. The van der Waals surface area contributed by atoms with Gasteiger partial charge in [-0.05, 0) is 82.1 Å². The summed E-state index contributed by atoms with van der Waals surface area (Å²) in [5.74, 6) is 0.973. The molecule has 210 valence electrons. The zero-order valence-corrected chi connectivity index (χ0v) is 24.2. The summed E-state index contributed by atoms with van der Waals surface area (Å²) >= 11 is 0.